The van der Waals surface area contributed by atoms with Crippen LogP contribution in [0.5, 0.6) is 5.88 Å². The van der Waals surface area contributed by atoms with Gasteiger partial charge in [0.25, 0.3) is 0 Å². The van der Waals surface area contributed by atoms with E-state index in [-0.39, 0.29) is 0 Å². The Morgan fingerprint density at radius 2 is 1.81 bits per heavy atom. The van der Waals surface area contributed by atoms with E-state index in [1.807, 2.05) is 6.07 Å². The number of pyridine rings is 1. The van der Waals surface area contributed by atoms with Crippen LogP contribution in [0, 0.1) is 23.2 Å². The summed E-state index contributed by atoms with van der Waals surface area (Å²) in [4.78, 5) is 4.31. The van der Waals surface area contributed by atoms with Crippen molar-refractivity contribution in [3.63, 3.8) is 0 Å². The minimum absolute atomic E-state index is 0.504. The fourth-order valence-electron chi connectivity index (χ4n) is 5.76. The lowest BCUT2D eigenvalue weighted by atomic mass is 9.48. The first-order chi connectivity index (χ1) is 10.2. The highest BCUT2D eigenvalue weighted by atomic mass is 16.5. The monoisotopic (exact) mass is 286 g/mol. The first-order valence-electron chi connectivity index (χ1n) is 8.44. The third-order valence-electron chi connectivity index (χ3n) is 6.34. The van der Waals surface area contributed by atoms with E-state index in [2.05, 4.69) is 23.3 Å². The molecule has 0 amide bonds. The molecular weight excluding hydrogens is 260 g/mol. The van der Waals surface area contributed by atoms with E-state index in [0.717, 1.165) is 23.4 Å². The van der Waals surface area contributed by atoms with Gasteiger partial charge in [-0.05, 0) is 80.8 Å². The van der Waals surface area contributed by atoms with Gasteiger partial charge in [0, 0.05) is 12.2 Å². The van der Waals surface area contributed by atoms with Crippen molar-refractivity contribution >= 4 is 5.69 Å². The van der Waals surface area contributed by atoms with Crippen molar-refractivity contribution < 1.29 is 4.74 Å². The molecule has 0 spiro atoms. The van der Waals surface area contributed by atoms with Crippen LogP contribution in [0.4, 0.5) is 5.69 Å². The van der Waals surface area contributed by atoms with Gasteiger partial charge in [0.1, 0.15) is 0 Å². The highest BCUT2D eigenvalue weighted by Crippen LogP contribution is 2.61. The Morgan fingerprint density at radius 1 is 1.19 bits per heavy atom. The highest BCUT2D eigenvalue weighted by Gasteiger charge is 2.53. The van der Waals surface area contributed by atoms with Crippen molar-refractivity contribution in [2.45, 2.75) is 51.5 Å². The highest BCUT2D eigenvalue weighted by molar-refractivity contribution is 5.53. The zero-order chi connectivity index (χ0) is 14.4. The zero-order valence-electron chi connectivity index (χ0n) is 13.1. The quantitative estimate of drug-likeness (QED) is 0.904. The van der Waals surface area contributed by atoms with Gasteiger partial charge in [0.15, 0.2) is 0 Å². The number of methoxy groups -OCH3 is 1. The van der Waals surface area contributed by atoms with E-state index < -0.39 is 0 Å². The summed E-state index contributed by atoms with van der Waals surface area (Å²) in [5.41, 5.74) is 1.55. The number of ether oxygens (including phenoxy) is 1. The van der Waals surface area contributed by atoms with Crippen LogP contribution < -0.4 is 10.1 Å². The standard InChI is InChI=1S/C18H26N2O/c1-12(20-16-4-3-5-19-17(16)21-2)18-9-13-6-14(10-18)8-15(7-13)11-18/h3-5,12-15,20H,6-11H2,1-2H3. The molecule has 4 saturated carbocycles. The van der Waals surface area contributed by atoms with Crippen LogP contribution in [0.15, 0.2) is 18.3 Å². The van der Waals surface area contributed by atoms with Gasteiger partial charge in [-0.25, -0.2) is 4.98 Å². The molecule has 1 aromatic heterocycles. The number of aromatic nitrogens is 1. The van der Waals surface area contributed by atoms with Gasteiger partial charge in [-0.3, -0.25) is 0 Å². The largest absolute Gasteiger partial charge is 0.480 e. The topological polar surface area (TPSA) is 34.1 Å². The maximum absolute atomic E-state index is 5.39. The van der Waals surface area contributed by atoms with Crippen LogP contribution in [-0.4, -0.2) is 18.1 Å². The summed E-state index contributed by atoms with van der Waals surface area (Å²) in [7, 11) is 1.70. The Morgan fingerprint density at radius 3 is 2.38 bits per heavy atom. The minimum atomic E-state index is 0.504. The number of nitrogens with one attached hydrogen (secondary N) is 1. The van der Waals surface area contributed by atoms with Crippen LogP contribution >= 0.6 is 0 Å². The molecule has 4 bridgehead atoms. The fourth-order valence-corrected chi connectivity index (χ4v) is 5.76. The van der Waals surface area contributed by atoms with Gasteiger partial charge in [0.05, 0.1) is 12.8 Å². The molecule has 0 aliphatic heterocycles. The predicted octanol–water partition coefficient (Wildman–Crippen LogP) is 4.11. The molecule has 1 atom stereocenters. The molecular formula is C18H26N2O. The predicted molar refractivity (Wildman–Crippen MR) is 84.5 cm³/mol. The van der Waals surface area contributed by atoms with Crippen molar-refractivity contribution in [3.05, 3.63) is 18.3 Å². The van der Waals surface area contributed by atoms with Crippen molar-refractivity contribution in [1.29, 1.82) is 0 Å². The van der Waals surface area contributed by atoms with Crippen molar-refractivity contribution in [3.8, 4) is 5.88 Å². The lowest BCUT2D eigenvalue weighted by Crippen LogP contribution is -2.52. The first kappa shape index (κ1) is 13.4. The SMILES string of the molecule is COc1ncccc1NC(C)C12CC3CC(CC(C3)C1)C2. The Hall–Kier alpha value is -1.25. The van der Waals surface area contributed by atoms with E-state index >= 15 is 0 Å². The lowest BCUT2D eigenvalue weighted by molar-refractivity contribution is -0.0602. The number of nitrogens with zero attached hydrogens (tertiary/aromatic N) is 1. The Bertz CT molecular complexity index is 492. The molecule has 5 rings (SSSR count). The molecule has 1 N–H and O–H groups in total. The van der Waals surface area contributed by atoms with E-state index in [4.69, 9.17) is 4.74 Å². The molecule has 4 fully saturated rings. The van der Waals surface area contributed by atoms with Crippen LogP contribution in [0.1, 0.15) is 45.4 Å². The molecule has 0 saturated heterocycles. The molecule has 3 nitrogen and oxygen atoms in total. The molecule has 1 unspecified atom stereocenters. The van der Waals surface area contributed by atoms with Gasteiger partial charge in [0.2, 0.25) is 5.88 Å². The number of hydrogen-bond acceptors (Lipinski definition) is 3. The third-order valence-corrected chi connectivity index (χ3v) is 6.34. The molecule has 4 aliphatic carbocycles. The summed E-state index contributed by atoms with van der Waals surface area (Å²) < 4.78 is 5.39. The molecule has 0 aromatic carbocycles. The van der Waals surface area contributed by atoms with Crippen LogP contribution in [0.3, 0.4) is 0 Å². The normalized spacial score (nSPS) is 38.3. The van der Waals surface area contributed by atoms with Gasteiger partial charge in [-0.1, -0.05) is 0 Å². The van der Waals surface area contributed by atoms with Crippen molar-refractivity contribution in [2.75, 3.05) is 12.4 Å². The maximum Gasteiger partial charge on any atom is 0.237 e. The smallest absolute Gasteiger partial charge is 0.237 e. The zero-order valence-corrected chi connectivity index (χ0v) is 13.1. The number of rotatable bonds is 4. The Balaban J connectivity index is 1.56. The summed E-state index contributed by atoms with van der Waals surface area (Å²) in [6.45, 7) is 2.37. The molecule has 0 radical (unpaired) electrons. The average Bonchev–Trinajstić information content (AvgIpc) is 2.46. The second kappa shape index (κ2) is 4.89. The van der Waals surface area contributed by atoms with Gasteiger partial charge >= 0.3 is 0 Å². The molecule has 4 aliphatic rings. The summed E-state index contributed by atoms with van der Waals surface area (Å²) in [5.74, 6) is 3.71. The molecule has 1 aromatic rings. The van der Waals surface area contributed by atoms with E-state index in [1.165, 1.54) is 38.5 Å². The Labute approximate surface area is 127 Å². The summed E-state index contributed by atoms with van der Waals surface area (Å²) in [6, 6.07) is 4.57. The second-order valence-electron chi connectivity index (χ2n) is 7.71. The summed E-state index contributed by atoms with van der Waals surface area (Å²) in [5, 5.41) is 3.73. The van der Waals surface area contributed by atoms with Gasteiger partial charge in [-0.15, -0.1) is 0 Å². The first-order valence-corrected chi connectivity index (χ1v) is 8.44. The number of anilines is 1. The third kappa shape index (κ3) is 2.21. The molecule has 21 heavy (non-hydrogen) atoms. The summed E-state index contributed by atoms with van der Waals surface area (Å²) in [6.07, 6.45) is 10.6. The molecule has 114 valence electrons. The second-order valence-corrected chi connectivity index (χ2v) is 7.71. The average molecular weight is 286 g/mol. The van der Waals surface area contributed by atoms with Crippen LogP contribution in [0.25, 0.3) is 0 Å². The molecule has 3 heteroatoms. The van der Waals surface area contributed by atoms with Gasteiger partial charge in [-0.2, -0.15) is 0 Å². The van der Waals surface area contributed by atoms with Crippen molar-refractivity contribution in [2.24, 2.45) is 23.2 Å². The molecule has 1 heterocycles. The van der Waals surface area contributed by atoms with E-state index in [0.29, 0.717) is 17.3 Å². The summed E-state index contributed by atoms with van der Waals surface area (Å²) >= 11 is 0. The lowest BCUT2D eigenvalue weighted by Gasteiger charge is -2.59. The van der Waals surface area contributed by atoms with Crippen molar-refractivity contribution in [1.82, 2.24) is 4.98 Å². The minimum Gasteiger partial charge on any atom is -0.480 e. The van der Waals surface area contributed by atoms with E-state index in [9.17, 15) is 0 Å². The Kier molecular flexibility index (Phi) is 3.13. The number of hydrogen-bond donors (Lipinski definition) is 1. The maximum atomic E-state index is 5.39. The fraction of sp³-hybridized carbons (Fsp3) is 0.722. The van der Waals surface area contributed by atoms with E-state index in [1.54, 1.807) is 13.3 Å². The van der Waals surface area contributed by atoms with Crippen LogP contribution in [-0.2, 0) is 0 Å². The van der Waals surface area contributed by atoms with Gasteiger partial charge < -0.3 is 10.1 Å². The van der Waals surface area contributed by atoms with Crippen LogP contribution in [0.2, 0.25) is 0 Å².